The summed E-state index contributed by atoms with van der Waals surface area (Å²) in [4.78, 5) is 12.8. The van der Waals surface area contributed by atoms with Gasteiger partial charge in [-0.25, -0.2) is 0 Å². The quantitative estimate of drug-likeness (QED) is 0.273. The predicted molar refractivity (Wildman–Crippen MR) is 143 cm³/mol. The van der Waals surface area contributed by atoms with Gasteiger partial charge in [0.15, 0.2) is 0 Å². The van der Waals surface area contributed by atoms with Crippen LogP contribution in [0.15, 0.2) is 71.4 Å². The minimum absolute atomic E-state index is 0.198. The fourth-order valence-electron chi connectivity index (χ4n) is 4.37. The molecule has 0 spiro atoms. The Morgan fingerprint density at radius 1 is 1.00 bits per heavy atom. The van der Waals surface area contributed by atoms with Gasteiger partial charge in [0.2, 0.25) is 5.91 Å². The number of furan rings is 1. The van der Waals surface area contributed by atoms with Crippen molar-refractivity contribution in [2.75, 3.05) is 20.8 Å². The second-order valence-corrected chi connectivity index (χ2v) is 8.39. The molecule has 0 aliphatic rings. The highest BCUT2D eigenvalue weighted by molar-refractivity contribution is 6.02. The van der Waals surface area contributed by atoms with E-state index in [0.717, 1.165) is 55.9 Å². The van der Waals surface area contributed by atoms with Gasteiger partial charge in [0.1, 0.15) is 22.8 Å². The summed E-state index contributed by atoms with van der Waals surface area (Å²) in [5.74, 6) is 2.01. The zero-order valence-corrected chi connectivity index (χ0v) is 21.3. The molecular formula is C30H31NO5. The number of carbonyl (C=O) groups excluding carboxylic acids is 1. The van der Waals surface area contributed by atoms with Crippen molar-refractivity contribution in [3.8, 4) is 28.4 Å². The van der Waals surface area contributed by atoms with E-state index in [-0.39, 0.29) is 5.91 Å². The molecule has 0 radical (unpaired) electrons. The van der Waals surface area contributed by atoms with Crippen molar-refractivity contribution in [1.29, 1.82) is 0 Å². The maximum Gasteiger partial charge on any atom is 0.244 e. The summed E-state index contributed by atoms with van der Waals surface area (Å²) in [6.07, 6.45) is 3.34. The Morgan fingerprint density at radius 3 is 2.42 bits per heavy atom. The number of carbonyl (C=O) groups is 1. The molecule has 0 aliphatic heterocycles. The molecule has 1 N–H and O–H groups in total. The van der Waals surface area contributed by atoms with Crippen LogP contribution in [0.1, 0.15) is 30.5 Å². The summed E-state index contributed by atoms with van der Waals surface area (Å²) >= 11 is 0. The third kappa shape index (κ3) is 4.93. The number of allylic oxidation sites excluding steroid dienone is 1. The Kier molecular flexibility index (Phi) is 7.64. The second-order valence-electron chi connectivity index (χ2n) is 8.39. The van der Waals surface area contributed by atoms with Crippen molar-refractivity contribution in [1.82, 2.24) is 5.32 Å². The van der Waals surface area contributed by atoms with E-state index >= 15 is 0 Å². The number of fused-ring (bicyclic) bond motifs is 1. The van der Waals surface area contributed by atoms with Crippen LogP contribution >= 0.6 is 0 Å². The molecule has 1 aromatic heterocycles. The van der Waals surface area contributed by atoms with Crippen molar-refractivity contribution < 1.29 is 23.4 Å². The Balaban J connectivity index is 1.72. The lowest BCUT2D eigenvalue weighted by molar-refractivity contribution is -0.116. The lowest BCUT2D eigenvalue weighted by atomic mass is 9.96. The largest absolute Gasteiger partial charge is 0.496 e. The number of amides is 1. The number of methoxy groups -OCH3 is 2. The number of rotatable bonds is 9. The molecule has 4 rings (SSSR count). The minimum Gasteiger partial charge on any atom is -0.496 e. The van der Waals surface area contributed by atoms with E-state index < -0.39 is 0 Å². The van der Waals surface area contributed by atoms with E-state index in [1.54, 1.807) is 26.6 Å². The van der Waals surface area contributed by atoms with Crippen LogP contribution < -0.4 is 19.5 Å². The van der Waals surface area contributed by atoms with Gasteiger partial charge in [0, 0.05) is 45.8 Å². The summed E-state index contributed by atoms with van der Waals surface area (Å²) < 4.78 is 23.0. The van der Waals surface area contributed by atoms with Gasteiger partial charge in [-0.05, 0) is 44.5 Å². The van der Waals surface area contributed by atoms with Crippen LogP contribution in [0.3, 0.4) is 0 Å². The predicted octanol–water partition coefficient (Wildman–Crippen LogP) is 6.54. The van der Waals surface area contributed by atoms with Crippen LogP contribution in [0.2, 0.25) is 0 Å². The standard InChI is InChI=1S/C30H31NO5/c1-6-35-29-20(3)30-24(25(18-36-30)22-12-8-10-14-27(22)34-5)16-23(29)19(2)15-28(32)31-17-21-11-7-9-13-26(21)33-4/h7-16,18H,6,17H2,1-5H3,(H,31,32)/b19-15+. The third-order valence-corrected chi connectivity index (χ3v) is 6.15. The maximum absolute atomic E-state index is 12.8. The first-order valence-corrected chi connectivity index (χ1v) is 11.9. The average molecular weight is 486 g/mol. The van der Waals surface area contributed by atoms with Gasteiger partial charge in [-0.2, -0.15) is 0 Å². The highest BCUT2D eigenvalue weighted by Gasteiger charge is 2.20. The lowest BCUT2D eigenvalue weighted by Gasteiger charge is -2.15. The molecule has 1 heterocycles. The molecule has 6 nitrogen and oxygen atoms in total. The molecule has 0 saturated carbocycles. The van der Waals surface area contributed by atoms with Gasteiger partial charge in [-0.3, -0.25) is 4.79 Å². The number of aryl methyl sites for hydroxylation is 1. The Morgan fingerprint density at radius 2 is 1.69 bits per heavy atom. The van der Waals surface area contributed by atoms with Gasteiger partial charge in [0.25, 0.3) is 0 Å². The van der Waals surface area contributed by atoms with E-state index in [2.05, 4.69) is 5.32 Å². The molecule has 186 valence electrons. The van der Waals surface area contributed by atoms with Crippen LogP contribution in [-0.2, 0) is 11.3 Å². The van der Waals surface area contributed by atoms with Gasteiger partial charge < -0.3 is 23.9 Å². The highest BCUT2D eigenvalue weighted by atomic mass is 16.5. The van der Waals surface area contributed by atoms with Crippen LogP contribution in [0.4, 0.5) is 0 Å². The molecule has 0 atom stereocenters. The topological polar surface area (TPSA) is 69.9 Å². The fraction of sp³-hybridized carbons (Fsp3) is 0.233. The van der Waals surface area contributed by atoms with Crippen molar-refractivity contribution in [3.63, 3.8) is 0 Å². The first kappa shape index (κ1) is 24.9. The Bertz CT molecular complexity index is 1420. The zero-order valence-electron chi connectivity index (χ0n) is 21.3. The molecule has 1 amide bonds. The van der Waals surface area contributed by atoms with Crippen molar-refractivity contribution in [2.24, 2.45) is 0 Å². The minimum atomic E-state index is -0.198. The van der Waals surface area contributed by atoms with Gasteiger partial charge in [-0.15, -0.1) is 0 Å². The smallest absolute Gasteiger partial charge is 0.244 e. The number of ether oxygens (including phenoxy) is 3. The van der Waals surface area contributed by atoms with Crippen molar-refractivity contribution in [3.05, 3.63) is 83.6 Å². The van der Waals surface area contributed by atoms with Gasteiger partial charge >= 0.3 is 0 Å². The number of hydrogen-bond acceptors (Lipinski definition) is 5. The molecule has 6 heteroatoms. The average Bonchev–Trinajstić information content (AvgIpc) is 3.33. The van der Waals surface area contributed by atoms with Gasteiger partial charge in [0.05, 0.1) is 27.1 Å². The third-order valence-electron chi connectivity index (χ3n) is 6.15. The van der Waals surface area contributed by atoms with Crippen LogP contribution in [0.25, 0.3) is 27.7 Å². The first-order valence-electron chi connectivity index (χ1n) is 11.9. The second kappa shape index (κ2) is 11.0. The monoisotopic (exact) mass is 485 g/mol. The summed E-state index contributed by atoms with van der Waals surface area (Å²) in [6, 6.07) is 17.5. The fourth-order valence-corrected chi connectivity index (χ4v) is 4.37. The summed E-state index contributed by atoms with van der Waals surface area (Å²) in [5, 5.41) is 3.88. The number of para-hydroxylation sites is 2. The summed E-state index contributed by atoms with van der Waals surface area (Å²) in [7, 11) is 3.27. The highest BCUT2D eigenvalue weighted by Crippen LogP contribution is 2.42. The molecule has 0 aliphatic carbocycles. The van der Waals surface area contributed by atoms with E-state index in [1.165, 1.54) is 0 Å². The molecule has 36 heavy (non-hydrogen) atoms. The Hall–Kier alpha value is -4.19. The van der Waals surface area contributed by atoms with E-state index in [4.69, 9.17) is 18.6 Å². The SMILES string of the molecule is CCOc1c(/C(C)=C/C(=O)NCc2ccccc2OC)cc2c(-c3ccccc3OC)coc2c1C. The van der Waals surface area contributed by atoms with Crippen molar-refractivity contribution in [2.45, 2.75) is 27.3 Å². The molecule has 0 fully saturated rings. The van der Waals surface area contributed by atoms with Gasteiger partial charge in [-0.1, -0.05) is 36.4 Å². The molecule has 0 unspecified atom stereocenters. The van der Waals surface area contributed by atoms with E-state index in [1.807, 2.05) is 75.4 Å². The van der Waals surface area contributed by atoms with Crippen LogP contribution in [0.5, 0.6) is 17.2 Å². The molecule has 4 aromatic rings. The summed E-state index contributed by atoms with van der Waals surface area (Å²) in [6.45, 7) is 6.68. The molecule has 3 aromatic carbocycles. The molecule has 0 saturated heterocycles. The number of benzene rings is 3. The van der Waals surface area contributed by atoms with Crippen LogP contribution in [0, 0.1) is 6.92 Å². The van der Waals surface area contributed by atoms with E-state index in [9.17, 15) is 4.79 Å². The molecule has 0 bridgehead atoms. The summed E-state index contributed by atoms with van der Waals surface area (Å²) in [5.41, 5.74) is 6.02. The maximum atomic E-state index is 12.8. The number of nitrogens with one attached hydrogen (secondary N) is 1. The zero-order chi connectivity index (χ0) is 25.7. The normalized spacial score (nSPS) is 11.4. The number of hydrogen-bond donors (Lipinski definition) is 1. The first-order chi connectivity index (χ1) is 17.5. The van der Waals surface area contributed by atoms with E-state index in [0.29, 0.717) is 18.9 Å². The van der Waals surface area contributed by atoms with Crippen LogP contribution in [-0.4, -0.2) is 26.7 Å². The lowest BCUT2D eigenvalue weighted by Crippen LogP contribution is -2.21. The Labute approximate surface area is 211 Å². The molecular weight excluding hydrogens is 454 g/mol. The van der Waals surface area contributed by atoms with Crippen molar-refractivity contribution >= 4 is 22.4 Å².